The molecule has 0 unspecified atom stereocenters. The van der Waals surface area contributed by atoms with Crippen molar-refractivity contribution in [1.29, 1.82) is 0 Å². The van der Waals surface area contributed by atoms with Crippen LogP contribution < -0.4 is 10.9 Å². The van der Waals surface area contributed by atoms with E-state index < -0.39 is 5.66 Å². The molecule has 1 spiro atoms. The van der Waals surface area contributed by atoms with Crippen molar-refractivity contribution in [2.45, 2.75) is 18.5 Å². The Morgan fingerprint density at radius 3 is 2.81 bits per heavy atom. The van der Waals surface area contributed by atoms with Gasteiger partial charge in [-0.25, -0.2) is 9.07 Å². The Morgan fingerprint density at radius 2 is 2.04 bits per heavy atom. The maximum atomic E-state index is 13.8. The predicted molar refractivity (Wildman–Crippen MR) is 105 cm³/mol. The number of nitrogens with zero attached hydrogens (tertiary/aromatic N) is 3. The van der Waals surface area contributed by atoms with Gasteiger partial charge >= 0.3 is 0 Å². The average Bonchev–Trinajstić information content (AvgIpc) is 2.69. The van der Waals surface area contributed by atoms with Crippen molar-refractivity contribution in [2.24, 2.45) is 0 Å². The first-order valence-electron chi connectivity index (χ1n) is 8.89. The monoisotopic (exact) mass is 380 g/mol. The first-order chi connectivity index (χ1) is 13.2. The van der Waals surface area contributed by atoms with Crippen LogP contribution in [0.5, 0.6) is 0 Å². The molecule has 136 valence electrons. The summed E-state index contributed by atoms with van der Waals surface area (Å²) in [4.78, 5) is 17.1. The maximum absolute atomic E-state index is 13.8. The molecule has 0 bridgehead atoms. The molecule has 2 aliphatic rings. The highest BCUT2D eigenvalue weighted by atomic mass is 32.2. The van der Waals surface area contributed by atoms with Crippen molar-refractivity contribution in [2.75, 3.05) is 16.8 Å². The van der Waals surface area contributed by atoms with E-state index in [-0.39, 0.29) is 11.4 Å². The molecule has 1 N–H and O–H groups in total. The minimum absolute atomic E-state index is 0.315. The minimum Gasteiger partial charge on any atom is -0.360 e. The lowest BCUT2D eigenvalue weighted by molar-refractivity contribution is 0.298. The number of fused-ring (bicyclic) bond motifs is 4. The quantitative estimate of drug-likeness (QED) is 0.697. The summed E-state index contributed by atoms with van der Waals surface area (Å²) >= 11 is 1.83. The zero-order valence-electron chi connectivity index (χ0n) is 14.5. The number of benzene rings is 2. The Hall–Kier alpha value is -2.67. The van der Waals surface area contributed by atoms with Crippen LogP contribution in [0.2, 0.25) is 0 Å². The molecule has 0 radical (unpaired) electrons. The summed E-state index contributed by atoms with van der Waals surface area (Å²) in [6, 6.07) is 13.9. The van der Waals surface area contributed by atoms with E-state index in [4.69, 9.17) is 5.10 Å². The average molecular weight is 380 g/mol. The Labute approximate surface area is 159 Å². The number of rotatable bonds is 1. The second-order valence-corrected chi connectivity index (χ2v) is 7.97. The molecular weight excluding hydrogens is 363 g/mol. The molecule has 5 rings (SSSR count). The van der Waals surface area contributed by atoms with E-state index >= 15 is 0 Å². The molecule has 1 saturated heterocycles. The van der Waals surface area contributed by atoms with Crippen molar-refractivity contribution in [1.82, 2.24) is 14.8 Å². The number of aromatic nitrogens is 3. The van der Waals surface area contributed by atoms with Crippen LogP contribution in [0.25, 0.3) is 22.6 Å². The third kappa shape index (κ3) is 2.65. The zero-order valence-corrected chi connectivity index (χ0v) is 15.3. The van der Waals surface area contributed by atoms with Gasteiger partial charge in [0.25, 0.3) is 5.56 Å². The van der Waals surface area contributed by atoms with Crippen LogP contribution in [0.15, 0.2) is 53.3 Å². The lowest BCUT2D eigenvalue weighted by atomic mass is 9.99. The highest BCUT2D eigenvalue weighted by Crippen LogP contribution is 2.42. The van der Waals surface area contributed by atoms with Crippen LogP contribution >= 0.6 is 11.8 Å². The third-order valence-corrected chi connectivity index (χ3v) is 6.33. The van der Waals surface area contributed by atoms with Gasteiger partial charge in [-0.1, -0.05) is 30.3 Å². The summed E-state index contributed by atoms with van der Waals surface area (Å²) in [5.41, 5.74) is 1.56. The molecule has 0 saturated carbocycles. The van der Waals surface area contributed by atoms with Crippen molar-refractivity contribution in [3.05, 3.63) is 64.7 Å². The number of nitrogens with one attached hydrogen (secondary N) is 1. The second-order valence-electron chi connectivity index (χ2n) is 6.87. The highest BCUT2D eigenvalue weighted by Gasteiger charge is 2.41. The van der Waals surface area contributed by atoms with Gasteiger partial charge in [0, 0.05) is 22.6 Å². The molecule has 27 heavy (non-hydrogen) atoms. The van der Waals surface area contributed by atoms with E-state index in [1.807, 2.05) is 46.8 Å². The van der Waals surface area contributed by atoms with Crippen LogP contribution in [0, 0.1) is 5.82 Å². The Kier molecular flexibility index (Phi) is 3.79. The SMILES string of the molecule is O=c1nc2n(nc1-c1ccccc1)[C@@]1(CCCSC1)Nc1cc(F)ccc1-2. The van der Waals surface area contributed by atoms with Gasteiger partial charge in [-0.2, -0.15) is 21.8 Å². The van der Waals surface area contributed by atoms with Crippen molar-refractivity contribution >= 4 is 17.4 Å². The molecule has 2 aliphatic heterocycles. The molecule has 1 aromatic heterocycles. The first-order valence-corrected chi connectivity index (χ1v) is 10.0. The number of thioether (sulfide) groups is 1. The molecule has 3 aromatic rings. The fraction of sp³-hybridized carbons (Fsp3) is 0.250. The Morgan fingerprint density at radius 1 is 1.19 bits per heavy atom. The largest absolute Gasteiger partial charge is 0.360 e. The van der Waals surface area contributed by atoms with Crippen LogP contribution in [0.3, 0.4) is 0 Å². The van der Waals surface area contributed by atoms with E-state index in [0.29, 0.717) is 22.8 Å². The van der Waals surface area contributed by atoms with Gasteiger partial charge < -0.3 is 5.32 Å². The van der Waals surface area contributed by atoms with Gasteiger partial charge in [-0.3, -0.25) is 4.79 Å². The summed E-state index contributed by atoms with van der Waals surface area (Å²) in [7, 11) is 0. The first kappa shape index (κ1) is 16.5. The van der Waals surface area contributed by atoms with Gasteiger partial charge in [0.1, 0.15) is 11.5 Å². The van der Waals surface area contributed by atoms with E-state index in [0.717, 1.165) is 29.9 Å². The Bertz CT molecular complexity index is 1080. The van der Waals surface area contributed by atoms with Gasteiger partial charge in [-0.15, -0.1) is 0 Å². The molecule has 1 fully saturated rings. The highest BCUT2D eigenvalue weighted by molar-refractivity contribution is 7.99. The smallest absolute Gasteiger partial charge is 0.300 e. The molecular formula is C20H17FN4OS. The topological polar surface area (TPSA) is 59.8 Å². The number of hydrogen-bond acceptors (Lipinski definition) is 5. The van der Waals surface area contributed by atoms with Crippen LogP contribution in [-0.4, -0.2) is 26.3 Å². The number of halogens is 1. The lowest BCUT2D eigenvalue weighted by Crippen LogP contribution is -2.51. The standard InChI is InChI=1S/C20H17FN4OS/c21-14-7-8-15-16(11-14)23-20(9-4-10-27-12-20)25-18(15)22-19(26)17(24-25)13-5-2-1-3-6-13/h1-3,5-8,11,23H,4,9-10,12H2/t20-/m1/s1. The number of anilines is 1. The summed E-state index contributed by atoms with van der Waals surface area (Å²) in [6.45, 7) is 0. The molecule has 0 amide bonds. The Balaban J connectivity index is 1.78. The van der Waals surface area contributed by atoms with Crippen molar-refractivity contribution in [3.8, 4) is 22.6 Å². The van der Waals surface area contributed by atoms with E-state index in [2.05, 4.69) is 10.3 Å². The molecule has 3 heterocycles. The molecule has 7 heteroatoms. The van der Waals surface area contributed by atoms with Gasteiger partial charge in [0.05, 0.1) is 0 Å². The molecule has 5 nitrogen and oxygen atoms in total. The fourth-order valence-electron chi connectivity index (χ4n) is 3.80. The van der Waals surface area contributed by atoms with Crippen LogP contribution in [0.4, 0.5) is 10.1 Å². The van der Waals surface area contributed by atoms with Crippen LogP contribution in [0.1, 0.15) is 12.8 Å². The van der Waals surface area contributed by atoms with E-state index in [1.165, 1.54) is 12.1 Å². The van der Waals surface area contributed by atoms with E-state index in [9.17, 15) is 9.18 Å². The molecule has 2 aromatic carbocycles. The van der Waals surface area contributed by atoms with Crippen molar-refractivity contribution in [3.63, 3.8) is 0 Å². The minimum atomic E-state index is -0.511. The summed E-state index contributed by atoms with van der Waals surface area (Å²) in [5.74, 6) is 2.04. The summed E-state index contributed by atoms with van der Waals surface area (Å²) in [6.07, 6.45) is 1.85. The number of hydrogen-bond donors (Lipinski definition) is 1. The normalized spacial score (nSPS) is 20.6. The third-order valence-electron chi connectivity index (χ3n) is 5.07. The zero-order chi connectivity index (χ0) is 18.4. The molecule has 1 atom stereocenters. The fourth-order valence-corrected chi connectivity index (χ4v) is 4.97. The van der Waals surface area contributed by atoms with Crippen LogP contribution in [-0.2, 0) is 5.66 Å². The van der Waals surface area contributed by atoms with Crippen molar-refractivity contribution < 1.29 is 4.39 Å². The van der Waals surface area contributed by atoms with Gasteiger partial charge in [0.2, 0.25) is 0 Å². The second kappa shape index (κ2) is 6.20. The lowest BCUT2D eigenvalue weighted by Gasteiger charge is -2.43. The molecule has 0 aliphatic carbocycles. The maximum Gasteiger partial charge on any atom is 0.300 e. The van der Waals surface area contributed by atoms with Gasteiger partial charge in [0.15, 0.2) is 11.5 Å². The summed E-state index contributed by atoms with van der Waals surface area (Å²) in [5, 5.41) is 8.26. The summed E-state index contributed by atoms with van der Waals surface area (Å²) < 4.78 is 15.7. The van der Waals surface area contributed by atoms with Gasteiger partial charge in [-0.05, 0) is 36.8 Å². The van der Waals surface area contributed by atoms with E-state index in [1.54, 1.807) is 6.07 Å². The predicted octanol–water partition coefficient (Wildman–Crippen LogP) is 3.72.